The number of ether oxygens (including phenoxy) is 1. The van der Waals surface area contributed by atoms with Crippen LogP contribution in [-0.2, 0) is 9.53 Å². The molecule has 2 aromatic rings. The summed E-state index contributed by atoms with van der Waals surface area (Å²) in [5, 5.41) is 3.25. The Bertz CT molecular complexity index is 669. The highest BCUT2D eigenvalue weighted by molar-refractivity contribution is 5.81. The molecule has 0 aliphatic heterocycles. The van der Waals surface area contributed by atoms with E-state index in [2.05, 4.69) is 15.3 Å². The maximum absolute atomic E-state index is 11.9. The Labute approximate surface area is 109 Å². The number of methoxy groups -OCH3 is 1. The van der Waals surface area contributed by atoms with E-state index in [1.54, 1.807) is 12.1 Å². The Hall–Kier alpha value is -2.08. The molecule has 6 heteroatoms. The molecule has 1 aliphatic carbocycles. The molecule has 0 spiro atoms. The number of aromatic nitrogens is 2. The quantitative estimate of drug-likeness (QED) is 0.711. The van der Waals surface area contributed by atoms with Crippen LogP contribution in [0.15, 0.2) is 23.0 Å². The van der Waals surface area contributed by atoms with Gasteiger partial charge in [-0.15, -0.1) is 0 Å². The Morgan fingerprint density at radius 1 is 1.37 bits per heavy atom. The van der Waals surface area contributed by atoms with E-state index in [0.717, 1.165) is 23.9 Å². The molecule has 1 aromatic heterocycles. The second-order valence-corrected chi connectivity index (χ2v) is 4.78. The van der Waals surface area contributed by atoms with E-state index in [0.29, 0.717) is 11.6 Å². The van der Waals surface area contributed by atoms with Crippen LogP contribution in [0.3, 0.4) is 0 Å². The van der Waals surface area contributed by atoms with Gasteiger partial charge in [0.05, 0.1) is 18.1 Å². The summed E-state index contributed by atoms with van der Waals surface area (Å²) in [4.78, 5) is 28.4. The van der Waals surface area contributed by atoms with Crippen molar-refractivity contribution in [2.24, 2.45) is 0 Å². The maximum atomic E-state index is 11.9. The molecule has 1 aromatic carbocycles. The normalized spacial score (nSPS) is 16.5. The number of carbonyl (C=O) groups is 1. The van der Waals surface area contributed by atoms with E-state index in [1.807, 2.05) is 6.07 Å². The van der Waals surface area contributed by atoms with Crippen molar-refractivity contribution < 1.29 is 9.53 Å². The predicted molar refractivity (Wildman–Crippen MR) is 69.8 cm³/mol. The van der Waals surface area contributed by atoms with E-state index in [4.69, 9.17) is 4.74 Å². The number of rotatable bonds is 4. The van der Waals surface area contributed by atoms with Gasteiger partial charge in [-0.05, 0) is 30.5 Å². The van der Waals surface area contributed by atoms with E-state index in [9.17, 15) is 9.59 Å². The van der Waals surface area contributed by atoms with Crippen LogP contribution < -0.4 is 11.0 Å². The van der Waals surface area contributed by atoms with Crippen LogP contribution in [0, 0.1) is 0 Å². The number of hydrogen-bond acceptors (Lipinski definition) is 4. The molecule has 1 heterocycles. The molecule has 0 amide bonds. The number of benzene rings is 1. The van der Waals surface area contributed by atoms with E-state index in [1.165, 1.54) is 7.11 Å². The first-order chi connectivity index (χ1) is 9.17. The second kappa shape index (κ2) is 4.55. The van der Waals surface area contributed by atoms with Gasteiger partial charge in [-0.3, -0.25) is 5.32 Å². The van der Waals surface area contributed by atoms with Crippen LogP contribution in [0.4, 0.5) is 0 Å². The smallest absolute Gasteiger partial charge is 0.327 e. The molecule has 1 aliphatic rings. The molecule has 0 bridgehead atoms. The van der Waals surface area contributed by atoms with E-state index < -0.39 is 6.04 Å². The van der Waals surface area contributed by atoms with Gasteiger partial charge in [0.1, 0.15) is 6.04 Å². The zero-order valence-corrected chi connectivity index (χ0v) is 10.5. The average Bonchev–Trinajstić information content (AvgIpc) is 3.14. The predicted octanol–water partition coefficient (Wildman–Crippen LogP) is 0.822. The summed E-state index contributed by atoms with van der Waals surface area (Å²) in [6, 6.07) is 5.30. The summed E-state index contributed by atoms with van der Waals surface area (Å²) in [5.41, 5.74) is 1.95. The molecule has 1 fully saturated rings. The molecule has 1 atom stereocenters. The first-order valence-electron chi connectivity index (χ1n) is 6.23. The van der Waals surface area contributed by atoms with Gasteiger partial charge in [0, 0.05) is 6.04 Å². The van der Waals surface area contributed by atoms with Crippen LogP contribution in [0.5, 0.6) is 0 Å². The summed E-state index contributed by atoms with van der Waals surface area (Å²) in [6.45, 7) is 0. The van der Waals surface area contributed by atoms with Gasteiger partial charge in [-0.2, -0.15) is 0 Å². The third kappa shape index (κ3) is 2.39. The monoisotopic (exact) mass is 261 g/mol. The highest BCUT2D eigenvalue weighted by atomic mass is 16.5. The highest BCUT2D eigenvalue weighted by Crippen LogP contribution is 2.26. The average molecular weight is 261 g/mol. The molecular weight excluding hydrogens is 246 g/mol. The number of esters is 1. The second-order valence-electron chi connectivity index (χ2n) is 4.78. The lowest BCUT2D eigenvalue weighted by Crippen LogP contribution is -2.31. The molecule has 6 nitrogen and oxygen atoms in total. The third-order valence-corrected chi connectivity index (χ3v) is 3.29. The summed E-state index contributed by atoms with van der Waals surface area (Å²) in [6.07, 6.45) is 2.16. The Kier molecular flexibility index (Phi) is 2.87. The first-order valence-corrected chi connectivity index (χ1v) is 6.23. The van der Waals surface area contributed by atoms with Gasteiger partial charge >= 0.3 is 11.7 Å². The van der Waals surface area contributed by atoms with E-state index >= 15 is 0 Å². The van der Waals surface area contributed by atoms with Gasteiger partial charge in [0.25, 0.3) is 0 Å². The minimum atomic E-state index is -0.486. The van der Waals surface area contributed by atoms with Crippen molar-refractivity contribution >= 4 is 17.0 Å². The number of imidazole rings is 1. The first kappa shape index (κ1) is 12.0. The fraction of sp³-hybridized carbons (Fsp3) is 0.385. The van der Waals surface area contributed by atoms with Crippen LogP contribution in [-0.4, -0.2) is 29.1 Å². The van der Waals surface area contributed by atoms with Crippen LogP contribution >= 0.6 is 0 Å². The molecule has 1 saturated carbocycles. The highest BCUT2D eigenvalue weighted by Gasteiger charge is 2.30. The molecule has 3 rings (SSSR count). The van der Waals surface area contributed by atoms with Gasteiger partial charge in [0.15, 0.2) is 0 Å². The minimum absolute atomic E-state index is 0.253. The SMILES string of the molecule is COC(=O)C(NC1CC1)c1ccc2[nH]c(=O)[nH]c2c1. The lowest BCUT2D eigenvalue weighted by atomic mass is 10.1. The largest absolute Gasteiger partial charge is 0.468 e. The fourth-order valence-corrected chi connectivity index (χ4v) is 2.13. The van der Waals surface area contributed by atoms with Crippen LogP contribution in [0.1, 0.15) is 24.4 Å². The summed E-state index contributed by atoms with van der Waals surface area (Å²) < 4.78 is 4.83. The van der Waals surface area contributed by atoms with Crippen molar-refractivity contribution in [3.63, 3.8) is 0 Å². The Balaban J connectivity index is 1.97. The van der Waals surface area contributed by atoms with Crippen molar-refractivity contribution in [1.82, 2.24) is 15.3 Å². The molecule has 0 saturated heterocycles. The molecule has 1 unspecified atom stereocenters. The molecule has 100 valence electrons. The van der Waals surface area contributed by atoms with Gasteiger partial charge < -0.3 is 14.7 Å². The topological polar surface area (TPSA) is 87.0 Å². The summed E-state index contributed by atoms with van der Waals surface area (Å²) in [5.74, 6) is -0.316. The van der Waals surface area contributed by atoms with Crippen LogP contribution in [0.2, 0.25) is 0 Å². The Morgan fingerprint density at radius 2 is 2.11 bits per heavy atom. The fourth-order valence-electron chi connectivity index (χ4n) is 2.13. The Morgan fingerprint density at radius 3 is 2.79 bits per heavy atom. The minimum Gasteiger partial charge on any atom is -0.468 e. The van der Waals surface area contributed by atoms with Crippen molar-refractivity contribution in [2.75, 3.05) is 7.11 Å². The van der Waals surface area contributed by atoms with Crippen molar-refractivity contribution in [1.29, 1.82) is 0 Å². The summed E-state index contributed by atoms with van der Waals surface area (Å²) in [7, 11) is 1.38. The molecule has 19 heavy (non-hydrogen) atoms. The summed E-state index contributed by atoms with van der Waals surface area (Å²) >= 11 is 0. The molecule has 3 N–H and O–H groups in total. The molecular formula is C13H15N3O3. The number of aromatic amines is 2. The van der Waals surface area contributed by atoms with Crippen molar-refractivity contribution in [2.45, 2.75) is 24.9 Å². The van der Waals surface area contributed by atoms with Gasteiger partial charge in [-0.1, -0.05) is 6.07 Å². The zero-order chi connectivity index (χ0) is 13.4. The van der Waals surface area contributed by atoms with Gasteiger partial charge in [0.2, 0.25) is 0 Å². The number of nitrogens with one attached hydrogen (secondary N) is 3. The van der Waals surface area contributed by atoms with Crippen molar-refractivity contribution in [3.05, 3.63) is 34.2 Å². The molecule has 0 radical (unpaired) electrons. The maximum Gasteiger partial charge on any atom is 0.327 e. The lowest BCUT2D eigenvalue weighted by molar-refractivity contribution is -0.143. The lowest BCUT2D eigenvalue weighted by Gasteiger charge is -2.16. The van der Waals surface area contributed by atoms with Crippen LogP contribution in [0.25, 0.3) is 11.0 Å². The number of fused-ring (bicyclic) bond motifs is 1. The zero-order valence-electron chi connectivity index (χ0n) is 10.5. The third-order valence-electron chi connectivity index (χ3n) is 3.29. The number of hydrogen-bond donors (Lipinski definition) is 3. The standard InChI is InChI=1S/C13H15N3O3/c1-19-12(17)11(14-8-3-4-8)7-2-5-9-10(6-7)16-13(18)15-9/h2,5-6,8,11,14H,3-4H2,1H3,(H2,15,16,18). The number of H-pyrrole nitrogens is 2. The van der Waals surface area contributed by atoms with Crippen molar-refractivity contribution in [3.8, 4) is 0 Å². The van der Waals surface area contributed by atoms with Gasteiger partial charge in [-0.25, -0.2) is 9.59 Å². The number of carbonyl (C=O) groups excluding carboxylic acids is 1. The van der Waals surface area contributed by atoms with E-state index in [-0.39, 0.29) is 11.7 Å².